The number of benzene rings is 2. The molecule has 39 heavy (non-hydrogen) atoms. The quantitative estimate of drug-likeness (QED) is 0.277. The second kappa shape index (κ2) is 12.0. The monoisotopic (exact) mass is 589 g/mol. The molecule has 3 N–H and O–H groups in total. The lowest BCUT2D eigenvalue weighted by Crippen LogP contribution is -2.37. The fourth-order valence-electron chi connectivity index (χ4n) is 3.30. The van der Waals surface area contributed by atoms with Crippen LogP contribution in [0.1, 0.15) is 19.4 Å². The molecule has 1 amide bonds. The number of hydrogen-bond acceptors (Lipinski definition) is 8. The van der Waals surface area contributed by atoms with Crippen LogP contribution in [0.4, 0.5) is 40.7 Å². The van der Waals surface area contributed by atoms with Gasteiger partial charge in [-0.2, -0.15) is 18.2 Å². The van der Waals surface area contributed by atoms with Crippen LogP contribution in [-0.4, -0.2) is 49.4 Å². The fraction of sp³-hybridized carbons (Fsp3) is 0.292. The highest BCUT2D eigenvalue weighted by Gasteiger charge is 2.38. The minimum Gasteiger partial charge on any atom is -0.495 e. The molecule has 0 bridgehead atoms. The highest BCUT2D eigenvalue weighted by molar-refractivity contribution is 7.92. The normalized spacial score (nSPS) is 11.8. The number of nitrogens with one attached hydrogen (secondary N) is 3. The van der Waals surface area contributed by atoms with E-state index in [1.54, 1.807) is 23.5 Å². The topological polar surface area (TPSA) is 122 Å². The minimum atomic E-state index is -4.98. The van der Waals surface area contributed by atoms with Gasteiger partial charge in [0.1, 0.15) is 16.6 Å². The molecule has 1 heterocycles. The first-order chi connectivity index (χ1) is 18.2. The van der Waals surface area contributed by atoms with Crippen molar-refractivity contribution in [3.63, 3.8) is 0 Å². The molecule has 0 radical (unpaired) electrons. The first-order valence-electron chi connectivity index (χ1n) is 11.3. The highest BCUT2D eigenvalue weighted by Crippen LogP contribution is 2.33. The van der Waals surface area contributed by atoms with Crippen LogP contribution >= 0.6 is 11.6 Å². The Morgan fingerprint density at radius 2 is 1.87 bits per heavy atom. The summed E-state index contributed by atoms with van der Waals surface area (Å²) < 4.78 is 82.8. The number of sulfone groups is 1. The van der Waals surface area contributed by atoms with E-state index in [0.717, 1.165) is 6.07 Å². The SMILES string of the molecule is COc1ccc(CCNC(=O)C(F)(F)F)cc1Nc1ncc(Cl)c(Nc2c(F)cccc2S(=O)(=O)C(C)C)n1. The van der Waals surface area contributed by atoms with Crippen molar-refractivity contribution in [3.05, 3.63) is 59.0 Å². The largest absolute Gasteiger partial charge is 0.495 e. The maximum absolute atomic E-state index is 14.7. The zero-order chi connectivity index (χ0) is 29.0. The molecule has 0 spiro atoms. The van der Waals surface area contributed by atoms with Gasteiger partial charge in [-0.3, -0.25) is 4.79 Å². The van der Waals surface area contributed by atoms with E-state index >= 15 is 0 Å². The Bertz CT molecular complexity index is 1470. The van der Waals surface area contributed by atoms with Gasteiger partial charge in [0.2, 0.25) is 5.95 Å². The third kappa shape index (κ3) is 7.26. The number of anilines is 4. The fourth-order valence-corrected chi connectivity index (χ4v) is 4.65. The number of hydrogen-bond donors (Lipinski definition) is 3. The van der Waals surface area contributed by atoms with E-state index in [1.807, 2.05) is 0 Å². The van der Waals surface area contributed by atoms with Crippen LogP contribution in [0.2, 0.25) is 5.02 Å². The van der Waals surface area contributed by atoms with E-state index in [2.05, 4.69) is 20.6 Å². The molecule has 0 unspecified atom stereocenters. The first-order valence-corrected chi connectivity index (χ1v) is 13.3. The van der Waals surface area contributed by atoms with Gasteiger partial charge in [0, 0.05) is 6.54 Å². The summed E-state index contributed by atoms with van der Waals surface area (Å²) >= 11 is 6.20. The third-order valence-corrected chi connectivity index (χ3v) is 7.83. The van der Waals surface area contributed by atoms with Crippen molar-refractivity contribution < 1.29 is 35.5 Å². The summed E-state index contributed by atoms with van der Waals surface area (Å²) in [6.45, 7) is 2.67. The summed E-state index contributed by atoms with van der Waals surface area (Å²) in [4.78, 5) is 19.1. The van der Waals surface area contributed by atoms with E-state index in [-0.39, 0.29) is 40.3 Å². The number of rotatable bonds is 10. The van der Waals surface area contributed by atoms with Crippen LogP contribution in [0.25, 0.3) is 0 Å². The molecular weight excluding hydrogens is 566 g/mol. The zero-order valence-corrected chi connectivity index (χ0v) is 22.4. The number of aromatic nitrogens is 2. The van der Waals surface area contributed by atoms with Crippen molar-refractivity contribution >= 4 is 50.5 Å². The number of ether oxygens (including phenoxy) is 1. The summed E-state index contributed by atoms with van der Waals surface area (Å²) in [7, 11) is -2.47. The van der Waals surface area contributed by atoms with Gasteiger partial charge >= 0.3 is 12.1 Å². The summed E-state index contributed by atoms with van der Waals surface area (Å²) in [5, 5.41) is 6.49. The number of nitrogens with zero attached hydrogens (tertiary/aromatic N) is 2. The van der Waals surface area contributed by atoms with E-state index in [9.17, 15) is 30.8 Å². The predicted octanol–water partition coefficient (Wildman–Crippen LogP) is 5.17. The molecule has 0 aliphatic carbocycles. The number of carbonyl (C=O) groups excluding carboxylic acids is 1. The van der Waals surface area contributed by atoms with E-state index < -0.39 is 33.0 Å². The van der Waals surface area contributed by atoms with Crippen molar-refractivity contribution in [2.45, 2.75) is 36.6 Å². The lowest BCUT2D eigenvalue weighted by atomic mass is 10.1. The molecule has 3 rings (SSSR count). The first kappa shape index (κ1) is 29.9. The minimum absolute atomic E-state index is 0.0298. The average molecular weight is 590 g/mol. The summed E-state index contributed by atoms with van der Waals surface area (Å²) in [5.41, 5.74) is 0.556. The number of halogens is 5. The summed E-state index contributed by atoms with van der Waals surface area (Å²) in [6, 6.07) is 8.35. The van der Waals surface area contributed by atoms with E-state index in [0.29, 0.717) is 17.0 Å². The number of amides is 1. The third-order valence-electron chi connectivity index (χ3n) is 5.36. The molecule has 0 saturated carbocycles. The molecule has 0 aliphatic rings. The Labute approximate surface area is 226 Å². The molecule has 0 saturated heterocycles. The Morgan fingerprint density at radius 1 is 1.15 bits per heavy atom. The number of alkyl halides is 3. The van der Waals surface area contributed by atoms with Crippen molar-refractivity contribution in [3.8, 4) is 5.75 Å². The second-order valence-corrected chi connectivity index (χ2v) is 11.3. The van der Waals surface area contributed by atoms with Gasteiger partial charge in [0.05, 0.1) is 34.8 Å². The summed E-state index contributed by atoms with van der Waals surface area (Å²) in [6.07, 6.45) is -3.69. The molecule has 3 aromatic rings. The Hall–Kier alpha value is -3.65. The molecule has 0 fully saturated rings. The average Bonchev–Trinajstić information content (AvgIpc) is 2.86. The molecule has 0 aliphatic heterocycles. The number of methoxy groups -OCH3 is 1. The molecule has 15 heteroatoms. The van der Waals surface area contributed by atoms with Gasteiger partial charge in [-0.25, -0.2) is 17.8 Å². The second-order valence-electron chi connectivity index (χ2n) is 8.39. The zero-order valence-electron chi connectivity index (χ0n) is 20.9. The van der Waals surface area contributed by atoms with Crippen molar-refractivity contribution in [1.29, 1.82) is 0 Å². The molecule has 0 atom stereocenters. The maximum Gasteiger partial charge on any atom is 0.471 e. The lowest BCUT2D eigenvalue weighted by molar-refractivity contribution is -0.173. The Morgan fingerprint density at radius 3 is 2.51 bits per heavy atom. The van der Waals surface area contributed by atoms with Crippen LogP contribution in [0.5, 0.6) is 5.75 Å². The van der Waals surface area contributed by atoms with Gasteiger partial charge in [-0.15, -0.1) is 0 Å². The van der Waals surface area contributed by atoms with Crippen LogP contribution in [0.15, 0.2) is 47.5 Å². The number of carbonyl (C=O) groups is 1. The Balaban J connectivity index is 1.87. The van der Waals surface area contributed by atoms with Crippen LogP contribution in [0.3, 0.4) is 0 Å². The molecule has 2 aromatic carbocycles. The smallest absolute Gasteiger partial charge is 0.471 e. The molecule has 210 valence electrons. The maximum atomic E-state index is 14.7. The predicted molar refractivity (Wildman–Crippen MR) is 138 cm³/mol. The van der Waals surface area contributed by atoms with Gasteiger partial charge in [0.25, 0.3) is 0 Å². The molecule has 9 nitrogen and oxygen atoms in total. The summed E-state index contributed by atoms with van der Waals surface area (Å²) in [5.74, 6) is -2.67. The van der Waals surface area contributed by atoms with Crippen LogP contribution in [-0.2, 0) is 21.1 Å². The van der Waals surface area contributed by atoms with Crippen molar-refractivity contribution in [1.82, 2.24) is 15.3 Å². The van der Waals surface area contributed by atoms with E-state index in [1.165, 1.54) is 39.3 Å². The molecular formula is C24H24ClF4N5O4S. The van der Waals surface area contributed by atoms with Crippen LogP contribution in [0, 0.1) is 5.82 Å². The van der Waals surface area contributed by atoms with Crippen molar-refractivity contribution in [2.24, 2.45) is 0 Å². The highest BCUT2D eigenvalue weighted by atomic mass is 35.5. The van der Waals surface area contributed by atoms with Crippen molar-refractivity contribution in [2.75, 3.05) is 24.3 Å². The van der Waals surface area contributed by atoms with Gasteiger partial charge in [-0.05, 0) is 50.1 Å². The number of para-hydroxylation sites is 1. The standard InChI is InChI=1S/C24H24ClF4N5O4S/c1-13(2)39(36,37)19-6-4-5-16(26)20(19)33-21-15(25)12-31-23(34-21)32-17-11-14(7-8-18(17)38-3)9-10-30-22(35)24(27,28)29/h4-8,11-13H,9-10H2,1-3H3,(H,30,35)(H2,31,32,33,34). The van der Waals surface area contributed by atoms with Gasteiger partial charge in [0.15, 0.2) is 15.7 Å². The lowest BCUT2D eigenvalue weighted by Gasteiger charge is -2.16. The van der Waals surface area contributed by atoms with E-state index in [4.69, 9.17) is 16.3 Å². The van der Waals surface area contributed by atoms with Gasteiger partial charge < -0.3 is 20.7 Å². The molecule has 1 aromatic heterocycles. The Kier molecular flexibility index (Phi) is 9.22. The van der Waals surface area contributed by atoms with Gasteiger partial charge in [-0.1, -0.05) is 23.7 Å². The van der Waals surface area contributed by atoms with Crippen LogP contribution < -0.4 is 20.7 Å².